The highest BCUT2D eigenvalue weighted by molar-refractivity contribution is 6.31. The second-order valence-corrected chi connectivity index (χ2v) is 7.88. The minimum atomic E-state index is -0.564. The van der Waals surface area contributed by atoms with E-state index in [4.69, 9.17) is 21.1 Å². The Morgan fingerprint density at radius 3 is 2.66 bits per heavy atom. The zero-order chi connectivity index (χ0) is 25.4. The third kappa shape index (κ3) is 6.53. The van der Waals surface area contributed by atoms with Crippen molar-refractivity contribution in [2.45, 2.75) is 26.7 Å². The van der Waals surface area contributed by atoms with E-state index >= 15 is 0 Å². The average Bonchev–Trinajstić information content (AvgIpc) is 2.83. The summed E-state index contributed by atoms with van der Waals surface area (Å²) in [5, 5.41) is 13.5. The number of methoxy groups -OCH3 is 1. The Morgan fingerprint density at radius 2 is 2.00 bits per heavy atom. The summed E-state index contributed by atoms with van der Waals surface area (Å²) < 4.78 is 25.6. The smallest absolute Gasteiger partial charge is 0.269 e. The van der Waals surface area contributed by atoms with Crippen LogP contribution in [0.5, 0.6) is 5.75 Å². The molecular formula is C25H22ClFN4O4. The maximum Gasteiger partial charge on any atom is 0.269 e. The van der Waals surface area contributed by atoms with E-state index in [2.05, 4.69) is 10.5 Å². The minimum Gasteiger partial charge on any atom is -0.489 e. The van der Waals surface area contributed by atoms with Crippen molar-refractivity contribution >= 4 is 23.7 Å². The van der Waals surface area contributed by atoms with Gasteiger partial charge in [0, 0.05) is 23.9 Å². The standard InChI is InChI=1S/C25H22ClFN4O4/c1-16-10-18(14-34-2)20(11-28)25(33)31(16)13-24(32)30-29-12-17-6-8-19(9-7-17)35-15-21-22(26)4-3-5-23(21)27/h3-10,12H,13-15H2,1-2H3,(H,30,32)/b29-12+. The molecule has 35 heavy (non-hydrogen) atoms. The molecule has 0 saturated carbocycles. The summed E-state index contributed by atoms with van der Waals surface area (Å²) in [6.07, 6.45) is 1.42. The van der Waals surface area contributed by atoms with Crippen LogP contribution < -0.4 is 15.7 Å². The third-order valence-corrected chi connectivity index (χ3v) is 5.38. The third-order valence-electron chi connectivity index (χ3n) is 5.03. The van der Waals surface area contributed by atoms with Gasteiger partial charge in [-0.25, -0.2) is 9.82 Å². The molecule has 0 spiro atoms. The number of carbonyl (C=O) groups is 1. The molecule has 10 heteroatoms. The Labute approximate surface area is 206 Å². The number of nitriles is 1. The van der Waals surface area contributed by atoms with E-state index in [0.717, 1.165) is 0 Å². The van der Waals surface area contributed by atoms with Crippen LogP contribution in [0.1, 0.15) is 27.9 Å². The van der Waals surface area contributed by atoms with Gasteiger partial charge in [0.1, 0.15) is 36.4 Å². The molecule has 0 radical (unpaired) electrons. The van der Waals surface area contributed by atoms with E-state index in [-0.39, 0.29) is 35.9 Å². The summed E-state index contributed by atoms with van der Waals surface area (Å²) in [5.41, 5.74) is 3.67. The van der Waals surface area contributed by atoms with E-state index in [1.165, 1.54) is 30.0 Å². The van der Waals surface area contributed by atoms with Gasteiger partial charge in [-0.05, 0) is 55.0 Å². The van der Waals surface area contributed by atoms with Gasteiger partial charge in [-0.1, -0.05) is 17.7 Å². The van der Waals surface area contributed by atoms with Crippen molar-refractivity contribution in [3.63, 3.8) is 0 Å². The lowest BCUT2D eigenvalue weighted by molar-refractivity contribution is -0.121. The molecule has 3 aromatic rings. The lowest BCUT2D eigenvalue weighted by atomic mass is 10.1. The van der Waals surface area contributed by atoms with Gasteiger partial charge < -0.3 is 14.0 Å². The Morgan fingerprint density at radius 1 is 1.26 bits per heavy atom. The normalized spacial score (nSPS) is 10.8. The molecule has 1 N–H and O–H groups in total. The molecular weight excluding hydrogens is 475 g/mol. The molecule has 2 aromatic carbocycles. The molecule has 0 saturated heterocycles. The number of rotatable bonds is 9. The summed E-state index contributed by atoms with van der Waals surface area (Å²) in [7, 11) is 1.47. The summed E-state index contributed by atoms with van der Waals surface area (Å²) in [6, 6.07) is 14.7. The largest absolute Gasteiger partial charge is 0.489 e. The van der Waals surface area contributed by atoms with E-state index in [9.17, 15) is 19.2 Å². The number of aromatic nitrogens is 1. The predicted molar refractivity (Wildman–Crippen MR) is 129 cm³/mol. The summed E-state index contributed by atoms with van der Waals surface area (Å²) in [4.78, 5) is 24.9. The topological polar surface area (TPSA) is 106 Å². The van der Waals surface area contributed by atoms with Crippen molar-refractivity contribution in [3.8, 4) is 11.8 Å². The number of amides is 1. The monoisotopic (exact) mass is 496 g/mol. The van der Waals surface area contributed by atoms with Gasteiger partial charge in [-0.15, -0.1) is 0 Å². The van der Waals surface area contributed by atoms with Crippen LogP contribution in [0.2, 0.25) is 5.02 Å². The maximum absolute atomic E-state index is 13.8. The Hall–Kier alpha value is -4.00. The fourth-order valence-corrected chi connectivity index (χ4v) is 3.47. The molecule has 0 fully saturated rings. The number of hydrogen-bond donors (Lipinski definition) is 1. The SMILES string of the molecule is COCc1cc(C)n(CC(=O)N/N=C/c2ccc(OCc3c(F)cccc3Cl)cc2)c(=O)c1C#N. The van der Waals surface area contributed by atoms with Crippen LogP contribution in [0, 0.1) is 24.1 Å². The van der Waals surface area contributed by atoms with E-state index in [1.807, 2.05) is 6.07 Å². The number of hydrogen-bond acceptors (Lipinski definition) is 6. The summed E-state index contributed by atoms with van der Waals surface area (Å²) >= 11 is 6.00. The first-order valence-electron chi connectivity index (χ1n) is 10.4. The van der Waals surface area contributed by atoms with Crippen molar-refractivity contribution in [1.82, 2.24) is 9.99 Å². The lowest BCUT2D eigenvalue weighted by Gasteiger charge is -2.12. The number of hydrazone groups is 1. The number of nitrogens with one attached hydrogen (secondary N) is 1. The van der Waals surface area contributed by atoms with Gasteiger partial charge in [0.2, 0.25) is 0 Å². The van der Waals surface area contributed by atoms with Crippen molar-refractivity contribution < 1.29 is 18.7 Å². The molecule has 180 valence electrons. The van der Waals surface area contributed by atoms with E-state index < -0.39 is 17.3 Å². The quantitative estimate of drug-likeness (QED) is 0.359. The van der Waals surface area contributed by atoms with Crippen molar-refractivity contribution in [2.24, 2.45) is 5.10 Å². The number of nitrogens with zero attached hydrogens (tertiary/aromatic N) is 3. The van der Waals surface area contributed by atoms with Gasteiger partial charge in [0.05, 0.1) is 17.8 Å². The highest BCUT2D eigenvalue weighted by Gasteiger charge is 2.15. The van der Waals surface area contributed by atoms with Gasteiger partial charge in [-0.2, -0.15) is 10.4 Å². The molecule has 0 aliphatic rings. The fraction of sp³-hybridized carbons (Fsp3) is 0.200. The minimum absolute atomic E-state index is 0.0201. The van der Waals surface area contributed by atoms with Crippen molar-refractivity contribution in [3.05, 3.63) is 97.7 Å². The second-order valence-electron chi connectivity index (χ2n) is 7.47. The number of carbonyl (C=O) groups excluding carboxylic acids is 1. The molecule has 0 atom stereocenters. The maximum atomic E-state index is 13.8. The molecule has 8 nitrogen and oxygen atoms in total. The number of ether oxygens (including phenoxy) is 2. The molecule has 1 heterocycles. The van der Waals surface area contributed by atoms with Gasteiger partial charge >= 0.3 is 0 Å². The molecule has 0 aliphatic carbocycles. The molecule has 1 amide bonds. The van der Waals surface area contributed by atoms with Crippen LogP contribution in [0.4, 0.5) is 4.39 Å². The lowest BCUT2D eigenvalue weighted by Crippen LogP contribution is -2.33. The Kier molecular flexibility index (Phi) is 8.73. The fourth-order valence-electron chi connectivity index (χ4n) is 3.25. The first-order chi connectivity index (χ1) is 16.8. The number of halogens is 2. The van der Waals surface area contributed by atoms with Gasteiger partial charge in [0.25, 0.3) is 11.5 Å². The second kappa shape index (κ2) is 11.9. The summed E-state index contributed by atoms with van der Waals surface area (Å²) in [6.45, 7) is 1.47. The zero-order valence-corrected chi connectivity index (χ0v) is 19.8. The number of pyridine rings is 1. The average molecular weight is 497 g/mol. The Bertz CT molecular complexity index is 1330. The number of aryl methyl sites for hydroxylation is 1. The van der Waals surface area contributed by atoms with E-state index in [0.29, 0.717) is 22.6 Å². The summed E-state index contributed by atoms with van der Waals surface area (Å²) in [5.74, 6) is -0.466. The number of benzene rings is 2. The van der Waals surface area contributed by atoms with E-state index in [1.54, 1.807) is 43.3 Å². The van der Waals surface area contributed by atoms with Crippen LogP contribution in [0.25, 0.3) is 0 Å². The Balaban J connectivity index is 1.58. The molecule has 0 aliphatic heterocycles. The van der Waals surface area contributed by atoms with Crippen LogP contribution in [-0.2, 0) is 29.3 Å². The van der Waals surface area contributed by atoms with Crippen molar-refractivity contribution in [1.29, 1.82) is 5.26 Å². The van der Waals surface area contributed by atoms with Gasteiger partial charge in [-0.3, -0.25) is 9.59 Å². The zero-order valence-electron chi connectivity index (χ0n) is 19.0. The van der Waals surface area contributed by atoms with Gasteiger partial charge in [0.15, 0.2) is 0 Å². The molecule has 1 aromatic heterocycles. The molecule has 0 bridgehead atoms. The van der Waals surface area contributed by atoms with Crippen molar-refractivity contribution in [2.75, 3.05) is 7.11 Å². The first-order valence-corrected chi connectivity index (χ1v) is 10.8. The molecule has 0 unspecified atom stereocenters. The van der Waals surface area contributed by atoms with Crippen LogP contribution in [-0.4, -0.2) is 23.8 Å². The first kappa shape index (κ1) is 25.6. The highest BCUT2D eigenvalue weighted by atomic mass is 35.5. The van der Waals surface area contributed by atoms with Crippen LogP contribution in [0.15, 0.2) is 58.4 Å². The van der Waals surface area contributed by atoms with Crippen LogP contribution in [0.3, 0.4) is 0 Å². The van der Waals surface area contributed by atoms with Crippen LogP contribution >= 0.6 is 11.6 Å². The highest BCUT2D eigenvalue weighted by Crippen LogP contribution is 2.21. The predicted octanol–water partition coefficient (Wildman–Crippen LogP) is 3.70. The molecule has 3 rings (SSSR count).